The van der Waals surface area contributed by atoms with Crippen LogP contribution in [0.2, 0.25) is 0 Å². The molecule has 0 unspecified atom stereocenters. The molecule has 1 aromatic rings. The summed E-state index contributed by atoms with van der Waals surface area (Å²) in [5.74, 6) is 0.444. The quantitative estimate of drug-likeness (QED) is 0.775. The van der Waals surface area contributed by atoms with Crippen LogP contribution in [-0.4, -0.2) is 18.1 Å². The number of thiocarbonyl (C=S) groups is 1. The van der Waals surface area contributed by atoms with Gasteiger partial charge in [-0.25, -0.2) is 0 Å². The number of benzene rings is 1. The minimum absolute atomic E-state index is 0.444. The Morgan fingerprint density at radius 2 is 1.80 bits per heavy atom. The Kier molecular flexibility index (Phi) is 3.21. The number of nitrogens with two attached hydrogens (primary N) is 1. The second kappa shape index (κ2) is 4.62. The molecule has 80 valence electrons. The molecule has 0 amide bonds. The molecule has 3 heteroatoms. The topological polar surface area (TPSA) is 29.3 Å². The Hall–Kier alpha value is -1.09. The smallest absolute Gasteiger partial charge is 0.0760 e. The standard InChI is InChI=1S/C12H16N2S/c13-12(15)10-6-8-14(9-7-10)11-4-2-1-3-5-11/h1-5,10H,6-9H2,(H2,13,15). The van der Waals surface area contributed by atoms with Crippen LogP contribution in [0.15, 0.2) is 30.3 Å². The second-order valence-electron chi connectivity index (χ2n) is 4.00. The summed E-state index contributed by atoms with van der Waals surface area (Å²) >= 11 is 5.03. The molecule has 0 atom stereocenters. The predicted octanol–water partition coefficient (Wildman–Crippen LogP) is 2.19. The summed E-state index contributed by atoms with van der Waals surface area (Å²) in [6.45, 7) is 2.12. The molecular formula is C12H16N2S. The molecule has 0 spiro atoms. The highest BCUT2D eigenvalue weighted by Crippen LogP contribution is 2.22. The van der Waals surface area contributed by atoms with Gasteiger partial charge in [0, 0.05) is 24.7 Å². The van der Waals surface area contributed by atoms with Gasteiger partial charge in [-0.2, -0.15) is 0 Å². The first-order valence-corrected chi connectivity index (χ1v) is 5.77. The van der Waals surface area contributed by atoms with Crippen molar-refractivity contribution in [2.45, 2.75) is 12.8 Å². The first-order valence-electron chi connectivity index (χ1n) is 5.36. The SMILES string of the molecule is NC(=S)C1CCN(c2ccccc2)CC1. The van der Waals surface area contributed by atoms with Gasteiger partial charge < -0.3 is 10.6 Å². The van der Waals surface area contributed by atoms with Crippen LogP contribution >= 0.6 is 12.2 Å². The fourth-order valence-electron chi connectivity index (χ4n) is 2.06. The third-order valence-corrected chi connectivity index (χ3v) is 3.35. The number of para-hydroxylation sites is 1. The highest BCUT2D eigenvalue weighted by Gasteiger charge is 2.20. The lowest BCUT2D eigenvalue weighted by molar-refractivity contribution is 0.504. The van der Waals surface area contributed by atoms with Crippen LogP contribution in [0.4, 0.5) is 5.69 Å². The van der Waals surface area contributed by atoms with Gasteiger partial charge in [0.2, 0.25) is 0 Å². The zero-order valence-corrected chi connectivity index (χ0v) is 9.54. The normalized spacial score (nSPS) is 17.7. The molecule has 0 radical (unpaired) electrons. The molecule has 1 fully saturated rings. The fraction of sp³-hybridized carbons (Fsp3) is 0.417. The maximum absolute atomic E-state index is 5.66. The lowest BCUT2D eigenvalue weighted by Crippen LogP contribution is -2.37. The molecule has 0 aliphatic carbocycles. The van der Waals surface area contributed by atoms with Crippen LogP contribution in [0.1, 0.15) is 12.8 Å². The van der Waals surface area contributed by atoms with E-state index in [0.717, 1.165) is 25.9 Å². The van der Waals surface area contributed by atoms with Crippen LogP contribution in [0, 0.1) is 5.92 Å². The monoisotopic (exact) mass is 220 g/mol. The van der Waals surface area contributed by atoms with E-state index in [1.807, 2.05) is 6.07 Å². The van der Waals surface area contributed by atoms with E-state index in [2.05, 4.69) is 29.2 Å². The van der Waals surface area contributed by atoms with Crippen molar-refractivity contribution in [2.75, 3.05) is 18.0 Å². The average Bonchev–Trinajstić information content (AvgIpc) is 2.30. The van der Waals surface area contributed by atoms with Crippen molar-refractivity contribution in [1.82, 2.24) is 0 Å². The van der Waals surface area contributed by atoms with E-state index in [-0.39, 0.29) is 0 Å². The molecular weight excluding hydrogens is 204 g/mol. The van der Waals surface area contributed by atoms with E-state index in [9.17, 15) is 0 Å². The maximum atomic E-state index is 5.66. The van der Waals surface area contributed by atoms with Gasteiger partial charge in [-0.3, -0.25) is 0 Å². The minimum Gasteiger partial charge on any atom is -0.393 e. The number of nitrogens with zero attached hydrogens (tertiary/aromatic N) is 1. The third kappa shape index (κ3) is 2.48. The Morgan fingerprint density at radius 3 is 2.33 bits per heavy atom. The summed E-state index contributed by atoms with van der Waals surface area (Å²) in [4.78, 5) is 3.08. The molecule has 1 aliphatic rings. The minimum atomic E-state index is 0.444. The van der Waals surface area contributed by atoms with Gasteiger partial charge in [-0.15, -0.1) is 0 Å². The summed E-state index contributed by atoms with van der Waals surface area (Å²) in [6, 6.07) is 10.5. The zero-order valence-electron chi connectivity index (χ0n) is 8.73. The molecule has 15 heavy (non-hydrogen) atoms. The van der Waals surface area contributed by atoms with Gasteiger partial charge in [0.15, 0.2) is 0 Å². The lowest BCUT2D eigenvalue weighted by Gasteiger charge is -2.33. The van der Waals surface area contributed by atoms with Crippen LogP contribution in [-0.2, 0) is 0 Å². The molecule has 2 N–H and O–H groups in total. The average molecular weight is 220 g/mol. The summed E-state index contributed by atoms with van der Waals surface area (Å²) in [5, 5.41) is 0. The maximum Gasteiger partial charge on any atom is 0.0760 e. The van der Waals surface area contributed by atoms with Crippen LogP contribution in [0.5, 0.6) is 0 Å². The zero-order chi connectivity index (χ0) is 10.7. The molecule has 1 aromatic carbocycles. The Balaban J connectivity index is 1.97. The van der Waals surface area contributed by atoms with Crippen LogP contribution in [0.3, 0.4) is 0 Å². The third-order valence-electron chi connectivity index (χ3n) is 3.02. The summed E-state index contributed by atoms with van der Waals surface area (Å²) in [7, 11) is 0. The van der Waals surface area contributed by atoms with Crippen molar-refractivity contribution in [2.24, 2.45) is 11.7 Å². The van der Waals surface area contributed by atoms with Crippen molar-refractivity contribution in [3.05, 3.63) is 30.3 Å². The Bertz CT molecular complexity index is 329. The van der Waals surface area contributed by atoms with E-state index in [0.29, 0.717) is 10.9 Å². The second-order valence-corrected chi connectivity index (χ2v) is 4.47. The van der Waals surface area contributed by atoms with E-state index < -0.39 is 0 Å². The van der Waals surface area contributed by atoms with Gasteiger partial charge in [0.25, 0.3) is 0 Å². The number of anilines is 1. The van der Waals surface area contributed by atoms with Gasteiger partial charge in [-0.05, 0) is 25.0 Å². The molecule has 2 rings (SSSR count). The Morgan fingerprint density at radius 1 is 1.20 bits per heavy atom. The van der Waals surface area contributed by atoms with Crippen molar-refractivity contribution in [3.8, 4) is 0 Å². The van der Waals surface area contributed by atoms with Crippen molar-refractivity contribution < 1.29 is 0 Å². The highest BCUT2D eigenvalue weighted by atomic mass is 32.1. The number of hydrogen-bond donors (Lipinski definition) is 1. The van der Waals surface area contributed by atoms with Gasteiger partial charge in [0.1, 0.15) is 0 Å². The van der Waals surface area contributed by atoms with Crippen molar-refractivity contribution in [1.29, 1.82) is 0 Å². The molecule has 0 bridgehead atoms. The van der Waals surface area contributed by atoms with E-state index >= 15 is 0 Å². The molecule has 2 nitrogen and oxygen atoms in total. The fourth-order valence-corrected chi connectivity index (χ4v) is 2.30. The predicted molar refractivity (Wildman–Crippen MR) is 68.2 cm³/mol. The van der Waals surface area contributed by atoms with Gasteiger partial charge in [0.05, 0.1) is 4.99 Å². The molecule has 1 saturated heterocycles. The molecule has 1 aliphatic heterocycles. The summed E-state index contributed by atoms with van der Waals surface area (Å²) in [5.41, 5.74) is 6.97. The first-order chi connectivity index (χ1) is 7.27. The summed E-state index contributed by atoms with van der Waals surface area (Å²) < 4.78 is 0. The largest absolute Gasteiger partial charge is 0.393 e. The Labute approximate surface area is 96.1 Å². The van der Waals surface area contributed by atoms with Crippen molar-refractivity contribution >= 4 is 22.9 Å². The number of hydrogen-bond acceptors (Lipinski definition) is 2. The highest BCUT2D eigenvalue weighted by molar-refractivity contribution is 7.80. The van der Waals surface area contributed by atoms with Gasteiger partial charge >= 0.3 is 0 Å². The number of rotatable bonds is 2. The van der Waals surface area contributed by atoms with Crippen LogP contribution < -0.4 is 10.6 Å². The van der Waals surface area contributed by atoms with Gasteiger partial charge in [-0.1, -0.05) is 30.4 Å². The van der Waals surface area contributed by atoms with E-state index in [1.54, 1.807) is 0 Å². The molecule has 0 aromatic heterocycles. The van der Waals surface area contributed by atoms with Crippen molar-refractivity contribution in [3.63, 3.8) is 0 Å². The number of piperidine rings is 1. The van der Waals surface area contributed by atoms with Crippen LogP contribution in [0.25, 0.3) is 0 Å². The molecule has 1 heterocycles. The lowest BCUT2D eigenvalue weighted by atomic mass is 9.96. The summed E-state index contributed by atoms with van der Waals surface area (Å²) in [6.07, 6.45) is 2.18. The van der Waals surface area contributed by atoms with E-state index in [4.69, 9.17) is 18.0 Å². The van der Waals surface area contributed by atoms with E-state index in [1.165, 1.54) is 5.69 Å². The molecule has 0 saturated carbocycles. The first kappa shape index (κ1) is 10.4.